The number of hydrogen-bond donors (Lipinski definition) is 1. The molecule has 1 unspecified atom stereocenters. The molecule has 0 aromatic heterocycles. The number of aliphatic hydroxyl groups is 1. The van der Waals surface area contributed by atoms with Gasteiger partial charge in [0.15, 0.2) is 0 Å². The maximum atomic E-state index is 11.7. The number of aliphatic hydroxyl groups excluding tert-OH is 1. The SMILES string of the molecule is CCC/C=C\C/C=C\CCCCCCCCOCC(CO)OC(=O)CCCCC. The van der Waals surface area contributed by atoms with Crippen molar-refractivity contribution in [2.75, 3.05) is 19.8 Å². The fourth-order valence-corrected chi connectivity index (χ4v) is 2.95. The molecule has 0 saturated carbocycles. The summed E-state index contributed by atoms with van der Waals surface area (Å²) in [6.45, 7) is 5.08. The van der Waals surface area contributed by atoms with Gasteiger partial charge in [-0.2, -0.15) is 0 Å². The minimum Gasteiger partial charge on any atom is -0.457 e. The number of hydrogen-bond acceptors (Lipinski definition) is 4. The molecule has 0 aliphatic heterocycles. The second kappa shape index (κ2) is 23.2. The molecule has 0 fully saturated rings. The van der Waals surface area contributed by atoms with E-state index in [1.807, 2.05) is 0 Å². The summed E-state index contributed by atoms with van der Waals surface area (Å²) < 4.78 is 10.8. The van der Waals surface area contributed by atoms with Gasteiger partial charge < -0.3 is 14.6 Å². The molecule has 1 atom stereocenters. The molecule has 0 aliphatic rings. The normalized spacial score (nSPS) is 12.8. The predicted octanol–water partition coefficient (Wildman–Crippen LogP) is 6.52. The van der Waals surface area contributed by atoms with E-state index in [2.05, 4.69) is 38.2 Å². The Balaban J connectivity index is 3.42. The lowest BCUT2D eigenvalue weighted by Gasteiger charge is -2.15. The summed E-state index contributed by atoms with van der Waals surface area (Å²) in [6.07, 6.45) is 23.9. The highest BCUT2D eigenvalue weighted by molar-refractivity contribution is 5.69. The summed E-state index contributed by atoms with van der Waals surface area (Å²) in [6, 6.07) is 0. The third-order valence-electron chi connectivity index (χ3n) is 4.76. The zero-order valence-corrected chi connectivity index (χ0v) is 19.1. The van der Waals surface area contributed by atoms with Crippen molar-refractivity contribution < 1.29 is 19.4 Å². The van der Waals surface area contributed by atoms with Gasteiger partial charge in [-0.05, 0) is 38.5 Å². The highest BCUT2D eigenvalue weighted by Crippen LogP contribution is 2.09. The number of allylic oxidation sites excluding steroid dienone is 4. The molecule has 4 heteroatoms. The highest BCUT2D eigenvalue weighted by Gasteiger charge is 2.13. The van der Waals surface area contributed by atoms with Gasteiger partial charge in [0.1, 0.15) is 6.10 Å². The molecular formula is C25H46O4. The molecule has 4 nitrogen and oxygen atoms in total. The molecule has 170 valence electrons. The van der Waals surface area contributed by atoms with Crippen LogP contribution in [0.25, 0.3) is 0 Å². The van der Waals surface area contributed by atoms with Crippen LogP contribution in [0.1, 0.15) is 104 Å². The Hall–Kier alpha value is -1.13. The van der Waals surface area contributed by atoms with Crippen LogP contribution in [0, 0.1) is 0 Å². The van der Waals surface area contributed by atoms with Crippen LogP contribution >= 0.6 is 0 Å². The molecule has 0 spiro atoms. The summed E-state index contributed by atoms with van der Waals surface area (Å²) in [5.41, 5.74) is 0. The average Bonchev–Trinajstić information content (AvgIpc) is 2.72. The Morgan fingerprint density at radius 2 is 1.52 bits per heavy atom. The van der Waals surface area contributed by atoms with Gasteiger partial charge in [-0.1, -0.05) is 83.1 Å². The third kappa shape index (κ3) is 21.4. The minimum absolute atomic E-state index is 0.178. The molecule has 0 rings (SSSR count). The van der Waals surface area contributed by atoms with E-state index in [1.54, 1.807) is 0 Å². The van der Waals surface area contributed by atoms with Crippen LogP contribution in [0.4, 0.5) is 0 Å². The van der Waals surface area contributed by atoms with Gasteiger partial charge in [0.25, 0.3) is 0 Å². The van der Waals surface area contributed by atoms with Gasteiger partial charge >= 0.3 is 5.97 Å². The molecule has 0 radical (unpaired) electrons. The zero-order chi connectivity index (χ0) is 21.4. The smallest absolute Gasteiger partial charge is 0.306 e. The Labute approximate surface area is 179 Å². The van der Waals surface area contributed by atoms with Crippen molar-refractivity contribution in [1.29, 1.82) is 0 Å². The summed E-state index contributed by atoms with van der Waals surface area (Å²) >= 11 is 0. The summed E-state index contributed by atoms with van der Waals surface area (Å²) in [5, 5.41) is 9.31. The van der Waals surface area contributed by atoms with E-state index in [0.29, 0.717) is 13.0 Å². The van der Waals surface area contributed by atoms with Crippen molar-refractivity contribution in [3.63, 3.8) is 0 Å². The van der Waals surface area contributed by atoms with Gasteiger partial charge in [-0.3, -0.25) is 4.79 Å². The summed E-state index contributed by atoms with van der Waals surface area (Å²) in [7, 11) is 0. The van der Waals surface area contributed by atoms with Crippen LogP contribution in [-0.2, 0) is 14.3 Å². The van der Waals surface area contributed by atoms with E-state index >= 15 is 0 Å². The van der Waals surface area contributed by atoms with Gasteiger partial charge in [0, 0.05) is 13.0 Å². The Bertz CT molecular complexity index is 404. The van der Waals surface area contributed by atoms with Crippen LogP contribution < -0.4 is 0 Å². The second-order valence-electron chi connectivity index (χ2n) is 7.70. The maximum Gasteiger partial charge on any atom is 0.306 e. The molecule has 0 aromatic rings. The fourth-order valence-electron chi connectivity index (χ4n) is 2.95. The quantitative estimate of drug-likeness (QED) is 0.133. The number of ether oxygens (including phenoxy) is 2. The van der Waals surface area contributed by atoms with E-state index in [0.717, 1.165) is 32.1 Å². The van der Waals surface area contributed by atoms with Crippen molar-refractivity contribution in [1.82, 2.24) is 0 Å². The number of rotatable bonds is 21. The maximum absolute atomic E-state index is 11.7. The first-order valence-corrected chi connectivity index (χ1v) is 11.9. The standard InChI is InChI=1S/C25H46O4/c1-3-5-7-8-9-10-11-12-13-14-15-16-17-19-21-28-23-24(22-26)29-25(27)20-18-6-4-2/h7-8,10-11,24,26H,3-6,9,12-23H2,1-2H3/b8-7-,11-10-. The van der Waals surface area contributed by atoms with Gasteiger partial charge in [-0.25, -0.2) is 0 Å². The van der Waals surface area contributed by atoms with E-state index in [4.69, 9.17) is 9.47 Å². The van der Waals surface area contributed by atoms with E-state index in [1.165, 1.54) is 51.4 Å². The van der Waals surface area contributed by atoms with Gasteiger partial charge in [0.05, 0.1) is 13.2 Å². The summed E-state index contributed by atoms with van der Waals surface area (Å²) in [4.78, 5) is 11.7. The monoisotopic (exact) mass is 410 g/mol. The minimum atomic E-state index is -0.528. The molecule has 0 saturated heterocycles. The van der Waals surface area contributed by atoms with Crippen LogP contribution in [-0.4, -0.2) is 37.0 Å². The zero-order valence-electron chi connectivity index (χ0n) is 19.1. The van der Waals surface area contributed by atoms with Gasteiger partial charge in [0.2, 0.25) is 0 Å². The Morgan fingerprint density at radius 3 is 2.21 bits per heavy atom. The Morgan fingerprint density at radius 1 is 0.828 bits per heavy atom. The number of carbonyl (C=O) groups excluding carboxylic acids is 1. The lowest BCUT2D eigenvalue weighted by Crippen LogP contribution is -2.27. The lowest BCUT2D eigenvalue weighted by atomic mass is 10.1. The molecular weight excluding hydrogens is 364 g/mol. The molecule has 29 heavy (non-hydrogen) atoms. The predicted molar refractivity (Wildman–Crippen MR) is 122 cm³/mol. The van der Waals surface area contributed by atoms with Crippen LogP contribution in [0.2, 0.25) is 0 Å². The lowest BCUT2D eigenvalue weighted by molar-refractivity contribution is -0.154. The van der Waals surface area contributed by atoms with Crippen molar-refractivity contribution in [2.45, 2.75) is 110 Å². The second-order valence-corrected chi connectivity index (χ2v) is 7.70. The van der Waals surface area contributed by atoms with Crippen LogP contribution in [0.3, 0.4) is 0 Å². The van der Waals surface area contributed by atoms with Crippen molar-refractivity contribution in [3.8, 4) is 0 Å². The third-order valence-corrected chi connectivity index (χ3v) is 4.76. The molecule has 1 N–H and O–H groups in total. The highest BCUT2D eigenvalue weighted by atomic mass is 16.6. The first-order valence-electron chi connectivity index (χ1n) is 11.9. The van der Waals surface area contributed by atoms with E-state index in [-0.39, 0.29) is 19.2 Å². The van der Waals surface area contributed by atoms with Crippen molar-refractivity contribution in [2.24, 2.45) is 0 Å². The molecule has 0 bridgehead atoms. The fraction of sp³-hybridized carbons (Fsp3) is 0.800. The molecule has 0 heterocycles. The largest absolute Gasteiger partial charge is 0.457 e. The first-order chi connectivity index (χ1) is 14.2. The number of unbranched alkanes of at least 4 members (excludes halogenated alkanes) is 9. The first kappa shape index (κ1) is 27.9. The molecule has 0 aromatic carbocycles. The van der Waals surface area contributed by atoms with Gasteiger partial charge in [-0.15, -0.1) is 0 Å². The van der Waals surface area contributed by atoms with Crippen molar-refractivity contribution >= 4 is 5.97 Å². The molecule has 0 aliphatic carbocycles. The number of esters is 1. The summed E-state index contributed by atoms with van der Waals surface area (Å²) in [5.74, 6) is -0.232. The van der Waals surface area contributed by atoms with Crippen molar-refractivity contribution in [3.05, 3.63) is 24.3 Å². The average molecular weight is 411 g/mol. The van der Waals surface area contributed by atoms with Crippen LogP contribution in [0.5, 0.6) is 0 Å². The van der Waals surface area contributed by atoms with Crippen LogP contribution in [0.15, 0.2) is 24.3 Å². The molecule has 0 amide bonds. The Kier molecular flexibility index (Phi) is 22.2. The van der Waals surface area contributed by atoms with E-state index in [9.17, 15) is 9.90 Å². The van der Waals surface area contributed by atoms with E-state index < -0.39 is 6.10 Å². The number of carbonyl (C=O) groups is 1. The topological polar surface area (TPSA) is 55.8 Å².